The zero-order valence-corrected chi connectivity index (χ0v) is 23.5. The highest BCUT2D eigenvalue weighted by Gasteiger charge is 2.33. The molecular weight excluding hydrogens is 543 g/mol. The average Bonchev–Trinajstić information content (AvgIpc) is 3.51. The minimum absolute atomic E-state index is 0.165. The summed E-state index contributed by atoms with van der Waals surface area (Å²) in [6.07, 6.45) is 1.26. The second-order valence-electron chi connectivity index (χ2n) is 11.0. The summed E-state index contributed by atoms with van der Waals surface area (Å²) in [6, 6.07) is 17.5. The van der Waals surface area contributed by atoms with E-state index in [0.29, 0.717) is 29.0 Å². The number of anilines is 3. The van der Waals surface area contributed by atoms with E-state index in [9.17, 15) is 18.0 Å². The summed E-state index contributed by atoms with van der Waals surface area (Å²) < 4.78 is 40.7. The van der Waals surface area contributed by atoms with Crippen LogP contribution in [0.1, 0.15) is 51.5 Å². The third-order valence-electron chi connectivity index (χ3n) is 7.79. The second kappa shape index (κ2) is 12.6. The maximum absolute atomic E-state index is 13.6. The molecule has 5 rings (SSSR count). The van der Waals surface area contributed by atoms with E-state index in [2.05, 4.69) is 50.4 Å². The van der Waals surface area contributed by atoms with Gasteiger partial charge in [0.15, 0.2) is 5.82 Å². The lowest BCUT2D eigenvalue weighted by Gasteiger charge is -2.35. The Bertz CT molecular complexity index is 1500. The maximum Gasteiger partial charge on any atom is 0.418 e. The fourth-order valence-corrected chi connectivity index (χ4v) is 5.77. The molecular formula is C31H34F3N7O. The Morgan fingerprint density at radius 2 is 1.57 bits per heavy atom. The van der Waals surface area contributed by atoms with Crippen LogP contribution in [-0.4, -0.2) is 32.7 Å². The molecule has 0 spiro atoms. The topological polar surface area (TPSA) is 108 Å². The molecule has 0 saturated heterocycles. The second-order valence-corrected chi connectivity index (χ2v) is 11.0. The molecule has 1 heterocycles. The smallest absolute Gasteiger partial charge is 0.380 e. The molecule has 42 heavy (non-hydrogen) atoms. The quantitative estimate of drug-likeness (QED) is 0.169. The highest BCUT2D eigenvalue weighted by molar-refractivity contribution is 6.03. The Labute approximate surface area is 242 Å². The standard InChI is InChI=1S/C31H34F3N7O/c1-19(2)28(20-10-4-3-5-11-20)35-26-17-16-21(22-12-6-7-13-23(22)29-38-40-41-39-29)18-27(26)37-30(42)36-25-15-9-8-14-24(25)31(32,33)34/h6-9,12-20,28,35H,3-5,10-11H2,1-2H3,(H2,36,37,42)(H,38,39,40,41). The summed E-state index contributed by atoms with van der Waals surface area (Å²) >= 11 is 0. The summed E-state index contributed by atoms with van der Waals surface area (Å²) in [5.41, 5.74) is 2.26. The van der Waals surface area contributed by atoms with Gasteiger partial charge in [-0.3, -0.25) is 0 Å². The zero-order chi connectivity index (χ0) is 29.7. The number of aromatic amines is 1. The van der Waals surface area contributed by atoms with Crippen LogP contribution in [0.15, 0.2) is 66.7 Å². The van der Waals surface area contributed by atoms with Gasteiger partial charge in [-0.1, -0.05) is 75.6 Å². The van der Waals surface area contributed by atoms with Crippen LogP contribution in [-0.2, 0) is 6.18 Å². The van der Waals surface area contributed by atoms with Crippen molar-refractivity contribution in [3.8, 4) is 22.5 Å². The highest BCUT2D eigenvalue weighted by atomic mass is 19.4. The highest BCUT2D eigenvalue weighted by Crippen LogP contribution is 2.38. The van der Waals surface area contributed by atoms with Gasteiger partial charge in [0.1, 0.15) is 0 Å². The lowest BCUT2D eigenvalue weighted by Crippen LogP contribution is -2.35. The van der Waals surface area contributed by atoms with E-state index in [1.165, 1.54) is 37.5 Å². The molecule has 0 bridgehead atoms. The van der Waals surface area contributed by atoms with Crippen molar-refractivity contribution in [3.05, 3.63) is 72.3 Å². The third kappa shape index (κ3) is 6.72. The fraction of sp³-hybridized carbons (Fsp3) is 0.355. The molecule has 0 aliphatic heterocycles. The zero-order valence-electron chi connectivity index (χ0n) is 23.5. The first-order chi connectivity index (χ1) is 20.2. The first-order valence-electron chi connectivity index (χ1n) is 14.2. The van der Waals surface area contributed by atoms with Crippen LogP contribution >= 0.6 is 0 Å². The van der Waals surface area contributed by atoms with E-state index in [-0.39, 0.29) is 11.7 Å². The Morgan fingerprint density at radius 3 is 2.26 bits per heavy atom. The van der Waals surface area contributed by atoms with Crippen LogP contribution in [0.3, 0.4) is 0 Å². The minimum atomic E-state index is -4.61. The molecule has 1 aromatic heterocycles. The number of H-pyrrole nitrogens is 1. The molecule has 1 unspecified atom stereocenters. The molecule has 3 aromatic carbocycles. The summed E-state index contributed by atoms with van der Waals surface area (Å²) in [6.45, 7) is 4.35. The van der Waals surface area contributed by atoms with Crippen LogP contribution in [0, 0.1) is 11.8 Å². The van der Waals surface area contributed by atoms with Gasteiger partial charge in [0.2, 0.25) is 0 Å². The van der Waals surface area contributed by atoms with Gasteiger partial charge < -0.3 is 16.0 Å². The molecule has 1 atom stereocenters. The Kier molecular flexibility index (Phi) is 8.75. The fourth-order valence-electron chi connectivity index (χ4n) is 5.77. The molecule has 4 aromatic rings. The third-order valence-corrected chi connectivity index (χ3v) is 7.79. The van der Waals surface area contributed by atoms with Crippen LogP contribution in [0.25, 0.3) is 22.5 Å². The Morgan fingerprint density at radius 1 is 0.881 bits per heavy atom. The van der Waals surface area contributed by atoms with Crippen molar-refractivity contribution >= 4 is 23.1 Å². The maximum atomic E-state index is 13.6. The summed E-state index contributed by atoms with van der Waals surface area (Å²) in [5, 5.41) is 23.1. The number of amides is 2. The van der Waals surface area contributed by atoms with Crippen molar-refractivity contribution in [3.63, 3.8) is 0 Å². The molecule has 1 saturated carbocycles. The molecule has 1 aliphatic carbocycles. The van der Waals surface area contributed by atoms with Gasteiger partial charge in [-0.15, -0.1) is 5.10 Å². The van der Waals surface area contributed by atoms with Crippen molar-refractivity contribution in [2.45, 2.75) is 58.2 Å². The predicted molar refractivity (Wildman–Crippen MR) is 158 cm³/mol. The number of hydrogen-bond donors (Lipinski definition) is 4. The molecule has 1 aliphatic rings. The average molecular weight is 578 g/mol. The lowest BCUT2D eigenvalue weighted by molar-refractivity contribution is -0.136. The predicted octanol–water partition coefficient (Wildman–Crippen LogP) is 8.21. The largest absolute Gasteiger partial charge is 0.418 e. The molecule has 1 fully saturated rings. The minimum Gasteiger partial charge on any atom is -0.380 e. The first-order valence-corrected chi connectivity index (χ1v) is 14.2. The van der Waals surface area contributed by atoms with Gasteiger partial charge >= 0.3 is 12.2 Å². The van der Waals surface area contributed by atoms with Gasteiger partial charge in [-0.25, -0.2) is 9.89 Å². The van der Waals surface area contributed by atoms with E-state index in [1.807, 2.05) is 42.5 Å². The first kappa shape index (κ1) is 29.1. The summed E-state index contributed by atoms with van der Waals surface area (Å²) in [4.78, 5) is 13.2. The number of halogens is 3. The van der Waals surface area contributed by atoms with Gasteiger partial charge in [-0.05, 0) is 70.5 Å². The number of nitrogens with zero attached hydrogens (tertiary/aromatic N) is 3. The van der Waals surface area contributed by atoms with Crippen molar-refractivity contribution in [1.29, 1.82) is 0 Å². The van der Waals surface area contributed by atoms with E-state index >= 15 is 0 Å². The van der Waals surface area contributed by atoms with E-state index in [1.54, 1.807) is 0 Å². The van der Waals surface area contributed by atoms with Gasteiger partial charge in [0.05, 0.1) is 22.6 Å². The lowest BCUT2D eigenvalue weighted by atomic mass is 9.79. The summed E-state index contributed by atoms with van der Waals surface area (Å²) in [5.74, 6) is 1.30. The van der Waals surface area contributed by atoms with Crippen molar-refractivity contribution in [2.24, 2.45) is 11.8 Å². The number of aromatic nitrogens is 4. The number of hydrogen-bond acceptors (Lipinski definition) is 5. The van der Waals surface area contributed by atoms with E-state index in [0.717, 1.165) is 35.6 Å². The SMILES string of the molecule is CC(C)C(Nc1ccc(-c2ccccc2-c2nnn[nH]2)cc1NC(=O)Nc1ccccc1C(F)(F)F)C1CCCCC1. The van der Waals surface area contributed by atoms with Crippen LogP contribution in [0.2, 0.25) is 0 Å². The number of nitrogens with one attached hydrogen (secondary N) is 4. The van der Waals surface area contributed by atoms with Crippen LogP contribution in [0.4, 0.5) is 35.0 Å². The van der Waals surface area contributed by atoms with Gasteiger partial charge in [0.25, 0.3) is 0 Å². The number of para-hydroxylation sites is 1. The number of alkyl halides is 3. The number of carbonyl (C=O) groups excluding carboxylic acids is 1. The van der Waals surface area contributed by atoms with E-state index < -0.39 is 17.8 Å². The molecule has 11 heteroatoms. The van der Waals surface area contributed by atoms with Gasteiger partial charge in [0, 0.05) is 11.6 Å². The number of carbonyl (C=O) groups is 1. The van der Waals surface area contributed by atoms with E-state index in [4.69, 9.17) is 0 Å². The monoisotopic (exact) mass is 577 g/mol. The van der Waals surface area contributed by atoms with Crippen molar-refractivity contribution < 1.29 is 18.0 Å². The Balaban J connectivity index is 1.50. The summed E-state index contributed by atoms with van der Waals surface area (Å²) in [7, 11) is 0. The van der Waals surface area contributed by atoms with Crippen LogP contribution in [0.5, 0.6) is 0 Å². The number of rotatable bonds is 8. The number of urea groups is 1. The number of tetrazole rings is 1. The molecule has 220 valence electrons. The van der Waals surface area contributed by atoms with Crippen molar-refractivity contribution in [2.75, 3.05) is 16.0 Å². The number of benzene rings is 3. The molecule has 2 amide bonds. The van der Waals surface area contributed by atoms with Crippen molar-refractivity contribution in [1.82, 2.24) is 20.6 Å². The molecule has 0 radical (unpaired) electrons. The molecule has 8 nitrogen and oxygen atoms in total. The van der Waals surface area contributed by atoms with Gasteiger partial charge in [-0.2, -0.15) is 13.2 Å². The Hall–Kier alpha value is -4.41. The van der Waals surface area contributed by atoms with Crippen LogP contribution < -0.4 is 16.0 Å². The normalized spacial score (nSPS) is 14.9. The molecule has 4 N–H and O–H groups in total.